The van der Waals surface area contributed by atoms with Crippen molar-refractivity contribution in [3.8, 4) is 5.75 Å². The second kappa shape index (κ2) is 8.17. The fourth-order valence-corrected chi connectivity index (χ4v) is 5.25. The number of anilines is 1. The van der Waals surface area contributed by atoms with Gasteiger partial charge >= 0.3 is 11.9 Å². The first kappa shape index (κ1) is 20.9. The minimum absolute atomic E-state index is 0.0137. The van der Waals surface area contributed by atoms with Crippen LogP contribution in [0.15, 0.2) is 47.5 Å². The van der Waals surface area contributed by atoms with E-state index in [4.69, 9.17) is 16.3 Å². The number of carbonyl (C=O) groups excluding carboxylic acids is 2. The van der Waals surface area contributed by atoms with Gasteiger partial charge in [0, 0.05) is 11.8 Å². The van der Waals surface area contributed by atoms with E-state index >= 15 is 0 Å². The Bertz CT molecular complexity index is 1160. The highest BCUT2D eigenvalue weighted by Gasteiger charge is 2.53. The molecule has 6 nitrogen and oxygen atoms in total. The number of ether oxygens (including phenoxy) is 1. The van der Waals surface area contributed by atoms with Crippen LogP contribution in [0.5, 0.6) is 5.75 Å². The first-order valence-corrected chi connectivity index (χ1v) is 11.4. The van der Waals surface area contributed by atoms with Gasteiger partial charge in [0.1, 0.15) is 23.2 Å². The number of hydrogen-bond donors (Lipinski definition) is 0. The van der Waals surface area contributed by atoms with Gasteiger partial charge in [-0.15, -0.1) is 4.90 Å². The minimum atomic E-state index is -0.664. The van der Waals surface area contributed by atoms with Gasteiger partial charge in [0.25, 0.3) is 0 Å². The molecule has 0 N–H and O–H groups in total. The largest absolute Gasteiger partial charge is 0.506 e. The molecule has 0 spiro atoms. The first-order valence-electron chi connectivity index (χ1n) is 11.0. The van der Waals surface area contributed by atoms with Crippen LogP contribution < -0.4 is 9.64 Å². The van der Waals surface area contributed by atoms with Crippen LogP contribution in [-0.4, -0.2) is 41.6 Å². The normalized spacial score (nSPS) is 25.0. The van der Waals surface area contributed by atoms with E-state index in [1.807, 2.05) is 22.8 Å². The molecule has 0 radical (unpaired) electrons. The fourth-order valence-electron chi connectivity index (χ4n) is 5.03. The average Bonchev–Trinajstić information content (AvgIpc) is 2.81. The van der Waals surface area contributed by atoms with E-state index in [1.165, 1.54) is 4.90 Å². The number of fused-ring (bicyclic) bond motifs is 3. The smallest absolute Gasteiger partial charge is 0.494 e. The summed E-state index contributed by atoms with van der Waals surface area (Å²) < 4.78 is 7.34. The van der Waals surface area contributed by atoms with E-state index in [-0.39, 0.29) is 18.0 Å². The standard InChI is InChI=1S/C25H25ClN3O3/c1-15-10-12-16(13-11-15)28-23-17-6-5-9-21(32-2)22(17)27-14-18(23)24(30)29(25(28)31)20-8-4-3-7-19(20)26/h3-9,14-16,18H,10-13H2,1-2H3/q+1. The second-order valence-corrected chi connectivity index (χ2v) is 9.10. The number of aliphatic imine (C=N–C) groups is 1. The number of methoxy groups -OCH3 is 1. The van der Waals surface area contributed by atoms with Gasteiger partial charge in [-0.1, -0.05) is 36.7 Å². The highest BCUT2D eigenvalue weighted by atomic mass is 35.5. The van der Waals surface area contributed by atoms with E-state index in [1.54, 1.807) is 37.6 Å². The Hall–Kier alpha value is -2.99. The lowest BCUT2D eigenvalue weighted by molar-refractivity contribution is -0.478. The number of halogens is 1. The third-order valence-corrected chi connectivity index (χ3v) is 7.05. The molecule has 2 heterocycles. The molecule has 2 aromatic rings. The van der Waals surface area contributed by atoms with E-state index in [9.17, 15) is 9.59 Å². The lowest BCUT2D eigenvalue weighted by Gasteiger charge is -2.34. The average molecular weight is 451 g/mol. The van der Waals surface area contributed by atoms with Crippen molar-refractivity contribution >= 4 is 46.8 Å². The Labute approximate surface area is 192 Å². The van der Waals surface area contributed by atoms with Crippen LogP contribution in [0.2, 0.25) is 5.02 Å². The van der Waals surface area contributed by atoms with Gasteiger partial charge in [0.15, 0.2) is 11.6 Å². The fraction of sp³-hybridized carbons (Fsp3) is 0.360. The van der Waals surface area contributed by atoms with Crippen molar-refractivity contribution in [1.29, 1.82) is 0 Å². The third kappa shape index (κ3) is 3.25. The number of urea groups is 1. The van der Waals surface area contributed by atoms with Crippen molar-refractivity contribution in [2.75, 3.05) is 12.0 Å². The van der Waals surface area contributed by atoms with Gasteiger partial charge in [-0.05, 0) is 55.9 Å². The SMILES string of the molecule is COc1cccc2c1N=CC1C(=O)N(c3ccccc3Cl)C(=O)[N+](C3CCC(C)CC3)=C21. The van der Waals surface area contributed by atoms with Gasteiger partial charge in [0.05, 0.1) is 12.1 Å². The molecule has 164 valence electrons. The molecule has 0 saturated heterocycles. The molecule has 5 rings (SSSR count). The maximum atomic E-state index is 14.0. The van der Waals surface area contributed by atoms with E-state index in [0.717, 1.165) is 31.2 Å². The zero-order chi connectivity index (χ0) is 22.4. The summed E-state index contributed by atoms with van der Waals surface area (Å²) in [7, 11) is 1.60. The third-order valence-electron chi connectivity index (χ3n) is 6.73. The summed E-state index contributed by atoms with van der Waals surface area (Å²) in [5.74, 6) is 0.252. The number of imide groups is 1. The van der Waals surface area contributed by atoms with Gasteiger partial charge in [0.2, 0.25) is 0 Å². The van der Waals surface area contributed by atoms with Crippen LogP contribution in [0, 0.1) is 11.8 Å². The quantitative estimate of drug-likeness (QED) is 0.601. The predicted octanol–water partition coefficient (Wildman–Crippen LogP) is 5.23. The molecule has 2 aromatic carbocycles. The van der Waals surface area contributed by atoms with Crippen molar-refractivity contribution in [2.45, 2.75) is 38.6 Å². The molecule has 7 heteroatoms. The molecule has 1 fully saturated rings. The number of carbonyl (C=O) groups is 2. The van der Waals surface area contributed by atoms with Crippen LogP contribution >= 0.6 is 11.6 Å². The van der Waals surface area contributed by atoms with Crippen LogP contribution in [-0.2, 0) is 4.79 Å². The molecule has 1 aliphatic carbocycles. The number of benzene rings is 2. The number of nitrogens with zero attached hydrogens (tertiary/aromatic N) is 3. The van der Waals surface area contributed by atoms with Crippen LogP contribution in [0.4, 0.5) is 16.2 Å². The predicted molar refractivity (Wildman–Crippen MR) is 125 cm³/mol. The highest BCUT2D eigenvalue weighted by molar-refractivity contribution is 6.38. The van der Waals surface area contributed by atoms with Crippen molar-refractivity contribution in [3.05, 3.63) is 53.1 Å². The molecule has 2 aliphatic heterocycles. The van der Waals surface area contributed by atoms with Crippen LogP contribution in [0.1, 0.15) is 38.2 Å². The molecule has 1 atom stereocenters. The van der Waals surface area contributed by atoms with Crippen LogP contribution in [0.3, 0.4) is 0 Å². The molecule has 0 aromatic heterocycles. The van der Waals surface area contributed by atoms with Gasteiger partial charge in [-0.2, -0.15) is 9.37 Å². The maximum Gasteiger partial charge on any atom is 0.506 e. The summed E-state index contributed by atoms with van der Waals surface area (Å²) in [6, 6.07) is 12.3. The molecular formula is C25H25ClN3O3+. The molecule has 0 bridgehead atoms. The lowest BCUT2D eigenvalue weighted by Crippen LogP contribution is -2.59. The summed E-state index contributed by atoms with van der Waals surface area (Å²) in [6.45, 7) is 2.25. The van der Waals surface area contributed by atoms with Gasteiger partial charge in [-0.3, -0.25) is 4.99 Å². The maximum absolute atomic E-state index is 14.0. The summed E-state index contributed by atoms with van der Waals surface area (Å²) in [6.07, 6.45) is 5.52. The van der Waals surface area contributed by atoms with Gasteiger partial charge in [-0.25, -0.2) is 4.79 Å². The summed E-state index contributed by atoms with van der Waals surface area (Å²) in [4.78, 5) is 33.4. The number of para-hydroxylation sites is 2. The zero-order valence-corrected chi connectivity index (χ0v) is 18.9. The van der Waals surface area contributed by atoms with Crippen molar-refractivity contribution in [3.63, 3.8) is 0 Å². The number of hydrogen-bond acceptors (Lipinski definition) is 4. The van der Waals surface area contributed by atoms with E-state index in [2.05, 4.69) is 11.9 Å². The zero-order valence-electron chi connectivity index (χ0n) is 18.1. The number of rotatable bonds is 3. The second-order valence-electron chi connectivity index (χ2n) is 8.69. The monoisotopic (exact) mass is 450 g/mol. The Morgan fingerprint density at radius 1 is 1.06 bits per heavy atom. The molecule has 32 heavy (non-hydrogen) atoms. The number of amides is 3. The molecular weight excluding hydrogens is 426 g/mol. The lowest BCUT2D eigenvalue weighted by atomic mass is 9.84. The Balaban J connectivity index is 1.73. The minimum Gasteiger partial charge on any atom is -0.494 e. The highest BCUT2D eigenvalue weighted by Crippen LogP contribution is 2.40. The molecule has 1 saturated carbocycles. The van der Waals surface area contributed by atoms with E-state index < -0.39 is 5.92 Å². The summed E-state index contributed by atoms with van der Waals surface area (Å²) in [5, 5.41) is 0.365. The van der Waals surface area contributed by atoms with Crippen molar-refractivity contribution < 1.29 is 18.9 Å². The first-order chi connectivity index (χ1) is 15.5. The Morgan fingerprint density at radius 3 is 2.53 bits per heavy atom. The summed E-state index contributed by atoms with van der Waals surface area (Å²) >= 11 is 6.42. The molecule has 3 amide bonds. The summed E-state index contributed by atoms with van der Waals surface area (Å²) in [5.41, 5.74) is 2.53. The Kier molecular flexibility index (Phi) is 5.33. The van der Waals surface area contributed by atoms with Crippen molar-refractivity contribution in [1.82, 2.24) is 0 Å². The van der Waals surface area contributed by atoms with Crippen molar-refractivity contribution in [2.24, 2.45) is 16.8 Å². The molecule has 1 unspecified atom stereocenters. The topological polar surface area (TPSA) is 62.0 Å². The molecule has 3 aliphatic rings. The van der Waals surface area contributed by atoms with Crippen LogP contribution in [0.25, 0.3) is 0 Å². The van der Waals surface area contributed by atoms with Gasteiger partial charge < -0.3 is 4.74 Å². The van der Waals surface area contributed by atoms with E-state index in [0.29, 0.717) is 33.8 Å². The Morgan fingerprint density at radius 2 is 1.81 bits per heavy atom.